The molecule has 0 bridgehead atoms. The Hall–Kier alpha value is -3.49. The van der Waals surface area contributed by atoms with Gasteiger partial charge in [0.05, 0.1) is 25.0 Å². The first kappa shape index (κ1) is 27.1. The van der Waals surface area contributed by atoms with Crippen molar-refractivity contribution in [2.24, 2.45) is 0 Å². The van der Waals surface area contributed by atoms with E-state index in [0.717, 1.165) is 44.8 Å². The van der Waals surface area contributed by atoms with Crippen molar-refractivity contribution in [1.29, 1.82) is 0 Å². The summed E-state index contributed by atoms with van der Waals surface area (Å²) in [5.41, 5.74) is 3.55. The highest BCUT2D eigenvalue weighted by Crippen LogP contribution is 2.27. The van der Waals surface area contributed by atoms with E-state index in [0.29, 0.717) is 17.0 Å². The van der Waals surface area contributed by atoms with Crippen molar-refractivity contribution in [2.75, 3.05) is 58.8 Å². The molecule has 0 radical (unpaired) electrons. The second-order valence-electron chi connectivity index (χ2n) is 8.77. The van der Waals surface area contributed by atoms with Crippen LogP contribution in [0.1, 0.15) is 21.6 Å². The molecule has 0 atom stereocenters. The van der Waals surface area contributed by atoms with Crippen LogP contribution in [0.15, 0.2) is 66.9 Å². The fourth-order valence-electron chi connectivity index (χ4n) is 4.01. The molecule has 1 aliphatic heterocycles. The normalized spacial score (nSPS) is 13.5. The zero-order valence-electron chi connectivity index (χ0n) is 21.2. The Bertz CT molecular complexity index is 1100. The molecule has 2 aromatic carbocycles. The van der Waals surface area contributed by atoms with Crippen molar-refractivity contribution in [3.05, 3.63) is 89.5 Å². The molecule has 1 aromatic heterocycles. The highest BCUT2D eigenvalue weighted by molar-refractivity contribution is 6.00. The van der Waals surface area contributed by atoms with E-state index in [-0.39, 0.29) is 18.3 Å². The molecule has 1 amide bonds. The van der Waals surface area contributed by atoms with Gasteiger partial charge in [0.1, 0.15) is 11.6 Å². The standard InChI is InChI=1S/C22H30N4O3.C6H5F/c1-24(2)22(28)20-15-19(29-3)4-5-21(20)26-12-10-25(11-13-26)9-7-17-6-8-23-18(14-17)16-27;7-6-4-2-1-3-5-6/h4-6,8,14-15,27H,7,9-13,16H2,1-3H3;1-5H. The number of ether oxygens (including phenoxy) is 1. The molecule has 0 unspecified atom stereocenters. The first-order valence-electron chi connectivity index (χ1n) is 12.0. The van der Waals surface area contributed by atoms with Gasteiger partial charge in [0, 0.05) is 58.7 Å². The van der Waals surface area contributed by atoms with E-state index in [1.54, 1.807) is 50.5 Å². The van der Waals surface area contributed by atoms with E-state index in [2.05, 4.69) is 14.8 Å². The lowest BCUT2D eigenvalue weighted by Gasteiger charge is -2.37. The molecule has 1 saturated heterocycles. The van der Waals surface area contributed by atoms with Gasteiger partial charge >= 0.3 is 0 Å². The van der Waals surface area contributed by atoms with Gasteiger partial charge in [-0.15, -0.1) is 0 Å². The molecule has 2 heterocycles. The molecule has 1 aliphatic rings. The van der Waals surface area contributed by atoms with Crippen molar-refractivity contribution in [3.8, 4) is 5.75 Å². The lowest BCUT2D eigenvalue weighted by atomic mass is 10.1. The van der Waals surface area contributed by atoms with E-state index in [1.807, 2.05) is 30.3 Å². The molecular weight excluding hydrogens is 459 g/mol. The molecule has 192 valence electrons. The van der Waals surface area contributed by atoms with Crippen LogP contribution in [0.5, 0.6) is 5.75 Å². The summed E-state index contributed by atoms with van der Waals surface area (Å²) in [7, 11) is 5.15. The number of methoxy groups -OCH3 is 1. The number of carbonyl (C=O) groups excluding carboxylic acids is 1. The van der Waals surface area contributed by atoms with Gasteiger partial charge in [0.25, 0.3) is 5.91 Å². The SMILES string of the molecule is COc1ccc(N2CCN(CCc3ccnc(CO)c3)CC2)c(C(=O)N(C)C)c1.Fc1ccccc1. The third-order valence-corrected chi connectivity index (χ3v) is 6.05. The van der Waals surface area contributed by atoms with Crippen LogP contribution in [-0.4, -0.2) is 79.7 Å². The Kier molecular flexibility index (Phi) is 10.2. The van der Waals surface area contributed by atoms with Crippen LogP contribution in [0.25, 0.3) is 0 Å². The van der Waals surface area contributed by atoms with Crippen molar-refractivity contribution in [2.45, 2.75) is 13.0 Å². The number of nitrogens with zero attached hydrogens (tertiary/aromatic N) is 4. The highest BCUT2D eigenvalue weighted by Gasteiger charge is 2.23. The molecule has 4 rings (SSSR count). The van der Waals surface area contributed by atoms with Gasteiger partial charge in [0.15, 0.2) is 0 Å². The quantitative estimate of drug-likeness (QED) is 0.543. The summed E-state index contributed by atoms with van der Waals surface area (Å²) in [6.07, 6.45) is 2.69. The van der Waals surface area contributed by atoms with Crippen molar-refractivity contribution in [1.82, 2.24) is 14.8 Å². The Balaban J connectivity index is 0.000000444. The first-order chi connectivity index (χ1) is 17.4. The third kappa shape index (κ3) is 7.76. The van der Waals surface area contributed by atoms with Crippen LogP contribution >= 0.6 is 0 Å². The molecule has 0 saturated carbocycles. The number of aromatic nitrogens is 1. The number of hydrogen-bond acceptors (Lipinski definition) is 6. The van der Waals surface area contributed by atoms with Crippen LogP contribution in [0.4, 0.5) is 10.1 Å². The van der Waals surface area contributed by atoms with Gasteiger partial charge in [-0.1, -0.05) is 18.2 Å². The average Bonchev–Trinajstić information content (AvgIpc) is 2.92. The van der Waals surface area contributed by atoms with Gasteiger partial charge in [0.2, 0.25) is 0 Å². The number of piperazine rings is 1. The predicted octanol–water partition coefficient (Wildman–Crippen LogP) is 3.47. The Labute approximate surface area is 212 Å². The van der Waals surface area contributed by atoms with E-state index in [1.165, 1.54) is 17.7 Å². The third-order valence-electron chi connectivity index (χ3n) is 6.05. The summed E-state index contributed by atoms with van der Waals surface area (Å²) in [6, 6.07) is 17.6. The number of pyridine rings is 1. The fraction of sp³-hybridized carbons (Fsp3) is 0.357. The van der Waals surface area contributed by atoms with Crippen LogP contribution in [0.3, 0.4) is 0 Å². The van der Waals surface area contributed by atoms with Gasteiger partial charge in [-0.05, 0) is 54.4 Å². The van der Waals surface area contributed by atoms with Gasteiger partial charge in [-0.3, -0.25) is 14.7 Å². The molecule has 3 aromatic rings. The number of aliphatic hydroxyl groups is 1. The Morgan fingerprint density at radius 2 is 1.78 bits per heavy atom. The second kappa shape index (κ2) is 13.6. The maximum atomic E-state index is 12.7. The number of anilines is 1. The van der Waals surface area contributed by atoms with E-state index in [9.17, 15) is 14.3 Å². The monoisotopic (exact) mass is 494 g/mol. The van der Waals surface area contributed by atoms with Crippen LogP contribution < -0.4 is 9.64 Å². The maximum absolute atomic E-state index is 12.7. The van der Waals surface area contributed by atoms with Crippen LogP contribution in [0.2, 0.25) is 0 Å². The first-order valence-corrected chi connectivity index (χ1v) is 12.0. The number of amides is 1. The van der Waals surface area contributed by atoms with Gasteiger partial charge in [-0.25, -0.2) is 4.39 Å². The highest BCUT2D eigenvalue weighted by atomic mass is 19.1. The minimum absolute atomic E-state index is 0.0151. The number of benzene rings is 2. The number of carbonyl (C=O) groups is 1. The number of aliphatic hydroxyl groups excluding tert-OH is 1. The predicted molar refractivity (Wildman–Crippen MR) is 140 cm³/mol. The molecule has 1 fully saturated rings. The van der Waals surface area contributed by atoms with Crippen molar-refractivity contribution in [3.63, 3.8) is 0 Å². The van der Waals surface area contributed by atoms with E-state index < -0.39 is 0 Å². The van der Waals surface area contributed by atoms with Crippen LogP contribution in [0, 0.1) is 5.82 Å². The molecule has 1 N–H and O–H groups in total. The zero-order valence-corrected chi connectivity index (χ0v) is 21.2. The summed E-state index contributed by atoms with van der Waals surface area (Å²) >= 11 is 0. The molecule has 8 heteroatoms. The van der Waals surface area contributed by atoms with Crippen molar-refractivity contribution >= 4 is 11.6 Å². The van der Waals surface area contributed by atoms with Gasteiger partial charge in [-0.2, -0.15) is 0 Å². The van der Waals surface area contributed by atoms with E-state index >= 15 is 0 Å². The molecule has 7 nitrogen and oxygen atoms in total. The molecular formula is C28H35FN4O3. The van der Waals surface area contributed by atoms with Crippen LogP contribution in [-0.2, 0) is 13.0 Å². The zero-order chi connectivity index (χ0) is 25.9. The number of rotatable bonds is 7. The summed E-state index contributed by atoms with van der Waals surface area (Å²) in [5, 5.41) is 9.23. The second-order valence-corrected chi connectivity index (χ2v) is 8.77. The molecule has 36 heavy (non-hydrogen) atoms. The van der Waals surface area contributed by atoms with Crippen molar-refractivity contribution < 1.29 is 19.0 Å². The lowest BCUT2D eigenvalue weighted by Crippen LogP contribution is -2.47. The smallest absolute Gasteiger partial charge is 0.255 e. The molecule has 0 spiro atoms. The maximum Gasteiger partial charge on any atom is 0.255 e. The fourth-order valence-corrected chi connectivity index (χ4v) is 4.01. The molecule has 0 aliphatic carbocycles. The number of hydrogen-bond donors (Lipinski definition) is 1. The summed E-state index contributed by atoms with van der Waals surface area (Å²) < 4.78 is 17.2. The minimum Gasteiger partial charge on any atom is -0.497 e. The number of halogens is 1. The van der Waals surface area contributed by atoms with Gasteiger partial charge < -0.3 is 19.6 Å². The Morgan fingerprint density at radius 3 is 2.36 bits per heavy atom. The summed E-state index contributed by atoms with van der Waals surface area (Å²) in [6.45, 7) is 4.58. The van der Waals surface area contributed by atoms with E-state index in [4.69, 9.17) is 4.74 Å². The average molecular weight is 495 g/mol. The Morgan fingerprint density at radius 1 is 1.06 bits per heavy atom. The topological polar surface area (TPSA) is 69.1 Å². The largest absolute Gasteiger partial charge is 0.497 e. The minimum atomic E-state index is -0.178. The summed E-state index contributed by atoms with van der Waals surface area (Å²) in [5.74, 6) is 0.499. The lowest BCUT2D eigenvalue weighted by molar-refractivity contribution is 0.0827. The summed E-state index contributed by atoms with van der Waals surface area (Å²) in [4.78, 5) is 23.1.